The first-order valence-corrected chi connectivity index (χ1v) is 9.28. The molecule has 1 aliphatic rings. The number of nitrogens with zero attached hydrogens (tertiary/aromatic N) is 3. The second kappa shape index (κ2) is 7.75. The van der Waals surface area contributed by atoms with E-state index in [0.29, 0.717) is 11.7 Å². The lowest BCUT2D eigenvalue weighted by atomic mass is 10.0. The van der Waals surface area contributed by atoms with Gasteiger partial charge in [0.25, 0.3) is 5.91 Å². The lowest BCUT2D eigenvalue weighted by molar-refractivity contribution is -0.118. The summed E-state index contributed by atoms with van der Waals surface area (Å²) in [5, 5.41) is 9.74. The van der Waals surface area contributed by atoms with Gasteiger partial charge in [0, 0.05) is 5.69 Å². The van der Waals surface area contributed by atoms with E-state index in [1.54, 1.807) is 10.7 Å². The molecule has 0 radical (unpaired) electrons. The highest BCUT2D eigenvalue weighted by molar-refractivity contribution is 5.92. The fraction of sp³-hybridized carbons (Fsp3) is 0.238. The summed E-state index contributed by atoms with van der Waals surface area (Å²) in [5.74, 6) is 0.613. The monoisotopic (exact) mass is 391 g/mol. The maximum atomic E-state index is 12.3. The van der Waals surface area contributed by atoms with Gasteiger partial charge in [-0.2, -0.15) is 10.1 Å². The number of amides is 2. The molecule has 4 rings (SSSR count). The zero-order valence-electron chi connectivity index (χ0n) is 16.2. The molecule has 1 aromatic heterocycles. The highest BCUT2D eigenvalue weighted by atomic mass is 16.5. The van der Waals surface area contributed by atoms with Gasteiger partial charge in [-0.05, 0) is 54.8 Å². The van der Waals surface area contributed by atoms with Gasteiger partial charge in [0.05, 0.1) is 12.5 Å². The smallest absolute Gasteiger partial charge is 0.262 e. The molecule has 29 heavy (non-hydrogen) atoms. The standard InChI is InChI=1S/C21H21N5O3/c1-13-6-14(2)8-16(7-13)24-20(28)11-29-17-5-3-4-15(9-17)18-10-19(27)25-21-22-12-23-26(18)21/h3-9,12,18H,10-11H2,1-2H3,(H,24,28)(H,22,23,25,27). The zero-order chi connectivity index (χ0) is 20.4. The number of carbonyl (C=O) groups excluding carboxylic acids is 2. The molecule has 8 heteroatoms. The second-order valence-electron chi connectivity index (χ2n) is 7.08. The van der Waals surface area contributed by atoms with Crippen LogP contribution in [0.2, 0.25) is 0 Å². The third-order valence-electron chi connectivity index (χ3n) is 4.62. The number of hydrogen-bond donors (Lipinski definition) is 2. The fourth-order valence-electron chi connectivity index (χ4n) is 3.47. The van der Waals surface area contributed by atoms with E-state index in [2.05, 4.69) is 20.7 Å². The molecule has 2 amide bonds. The molecule has 2 aromatic carbocycles. The number of ether oxygens (including phenoxy) is 1. The number of carbonyl (C=O) groups is 2. The number of fused-ring (bicyclic) bond motifs is 1. The molecule has 2 N–H and O–H groups in total. The Morgan fingerprint density at radius 1 is 1.24 bits per heavy atom. The highest BCUT2D eigenvalue weighted by Gasteiger charge is 2.27. The van der Waals surface area contributed by atoms with E-state index in [0.717, 1.165) is 22.4 Å². The van der Waals surface area contributed by atoms with Crippen molar-refractivity contribution in [3.8, 4) is 5.75 Å². The van der Waals surface area contributed by atoms with Crippen LogP contribution < -0.4 is 15.4 Å². The van der Waals surface area contributed by atoms with Crippen LogP contribution in [0.25, 0.3) is 0 Å². The number of nitrogens with one attached hydrogen (secondary N) is 2. The van der Waals surface area contributed by atoms with Gasteiger partial charge in [0.15, 0.2) is 6.61 Å². The summed E-state index contributed by atoms with van der Waals surface area (Å²) in [6, 6.07) is 12.9. The molecule has 0 bridgehead atoms. The van der Waals surface area contributed by atoms with Gasteiger partial charge >= 0.3 is 0 Å². The maximum absolute atomic E-state index is 12.3. The first-order valence-electron chi connectivity index (χ1n) is 9.28. The number of hydrogen-bond acceptors (Lipinski definition) is 5. The molecular weight excluding hydrogens is 370 g/mol. The normalized spacial score (nSPS) is 15.4. The van der Waals surface area contributed by atoms with Crippen molar-refractivity contribution in [1.82, 2.24) is 14.8 Å². The minimum Gasteiger partial charge on any atom is -0.484 e. The highest BCUT2D eigenvalue weighted by Crippen LogP contribution is 2.30. The molecule has 3 aromatic rings. The predicted molar refractivity (Wildman–Crippen MR) is 108 cm³/mol. The van der Waals surface area contributed by atoms with E-state index >= 15 is 0 Å². The van der Waals surface area contributed by atoms with E-state index < -0.39 is 0 Å². The molecule has 0 spiro atoms. The number of anilines is 2. The third-order valence-corrected chi connectivity index (χ3v) is 4.62. The van der Waals surface area contributed by atoms with Crippen LogP contribution in [0.1, 0.15) is 29.2 Å². The topological polar surface area (TPSA) is 98.1 Å². The molecule has 1 unspecified atom stereocenters. The minimum atomic E-state index is -0.270. The van der Waals surface area contributed by atoms with Crippen molar-refractivity contribution in [2.75, 3.05) is 17.2 Å². The zero-order valence-corrected chi connectivity index (χ0v) is 16.2. The molecule has 8 nitrogen and oxygen atoms in total. The minimum absolute atomic E-state index is 0.115. The number of rotatable bonds is 5. The Bertz CT molecular complexity index is 1060. The predicted octanol–water partition coefficient (Wildman–Crippen LogP) is 2.84. The maximum Gasteiger partial charge on any atom is 0.262 e. The van der Waals surface area contributed by atoms with Gasteiger partial charge in [0.2, 0.25) is 11.9 Å². The van der Waals surface area contributed by atoms with Crippen molar-refractivity contribution in [3.63, 3.8) is 0 Å². The Labute approximate surface area is 167 Å². The molecule has 0 aliphatic carbocycles. The van der Waals surface area contributed by atoms with Gasteiger partial charge in [-0.1, -0.05) is 18.2 Å². The summed E-state index contributed by atoms with van der Waals surface area (Å²) in [5.41, 5.74) is 3.77. The Balaban J connectivity index is 1.43. The van der Waals surface area contributed by atoms with Crippen LogP contribution in [0, 0.1) is 13.8 Å². The first-order chi connectivity index (χ1) is 14.0. The van der Waals surface area contributed by atoms with Crippen LogP contribution in [0.3, 0.4) is 0 Å². The van der Waals surface area contributed by atoms with Crippen molar-refractivity contribution in [2.24, 2.45) is 0 Å². The van der Waals surface area contributed by atoms with Crippen molar-refractivity contribution < 1.29 is 14.3 Å². The second-order valence-corrected chi connectivity index (χ2v) is 7.08. The summed E-state index contributed by atoms with van der Waals surface area (Å²) in [7, 11) is 0. The van der Waals surface area contributed by atoms with Crippen LogP contribution >= 0.6 is 0 Å². The van der Waals surface area contributed by atoms with Crippen LogP contribution in [-0.2, 0) is 9.59 Å². The quantitative estimate of drug-likeness (QED) is 0.697. The molecule has 0 saturated carbocycles. The summed E-state index contributed by atoms with van der Waals surface area (Å²) in [6.45, 7) is 3.85. The number of benzene rings is 2. The summed E-state index contributed by atoms with van der Waals surface area (Å²) < 4.78 is 7.34. The Kier molecular flexibility index (Phi) is 4.99. The molecule has 1 atom stereocenters. The Morgan fingerprint density at radius 2 is 2.03 bits per heavy atom. The summed E-state index contributed by atoms with van der Waals surface area (Å²) in [6.07, 6.45) is 1.67. The van der Waals surface area contributed by atoms with Crippen LogP contribution in [0.5, 0.6) is 5.75 Å². The Morgan fingerprint density at radius 3 is 2.83 bits per heavy atom. The van der Waals surface area contributed by atoms with Crippen LogP contribution in [-0.4, -0.2) is 33.2 Å². The lowest BCUT2D eigenvalue weighted by Gasteiger charge is -2.24. The molecule has 2 heterocycles. The lowest BCUT2D eigenvalue weighted by Crippen LogP contribution is -2.29. The molecular formula is C21H21N5O3. The molecule has 0 fully saturated rings. The van der Waals surface area contributed by atoms with Gasteiger partial charge in [-0.15, -0.1) is 0 Å². The van der Waals surface area contributed by atoms with Crippen molar-refractivity contribution in [1.29, 1.82) is 0 Å². The van der Waals surface area contributed by atoms with E-state index in [4.69, 9.17) is 4.74 Å². The molecule has 1 aliphatic heterocycles. The van der Waals surface area contributed by atoms with Crippen LogP contribution in [0.15, 0.2) is 48.8 Å². The fourth-order valence-corrected chi connectivity index (χ4v) is 3.47. The molecule has 148 valence electrons. The SMILES string of the molecule is Cc1cc(C)cc(NC(=O)COc2cccc(C3CC(=O)Nc4ncnn43)c2)c1. The average molecular weight is 391 g/mol. The first kappa shape index (κ1) is 18.7. The number of aryl methyl sites for hydroxylation is 2. The summed E-state index contributed by atoms with van der Waals surface area (Å²) >= 11 is 0. The van der Waals surface area contributed by atoms with Gasteiger partial charge < -0.3 is 10.1 Å². The van der Waals surface area contributed by atoms with E-state index in [-0.39, 0.29) is 30.9 Å². The average Bonchev–Trinajstić information content (AvgIpc) is 3.13. The van der Waals surface area contributed by atoms with Gasteiger partial charge in [-0.25, -0.2) is 4.68 Å². The van der Waals surface area contributed by atoms with Crippen molar-refractivity contribution >= 4 is 23.5 Å². The van der Waals surface area contributed by atoms with Crippen LogP contribution in [0.4, 0.5) is 11.6 Å². The molecule has 0 saturated heterocycles. The third kappa shape index (κ3) is 4.26. The van der Waals surface area contributed by atoms with Crippen molar-refractivity contribution in [3.05, 3.63) is 65.5 Å². The van der Waals surface area contributed by atoms with E-state index in [9.17, 15) is 9.59 Å². The van der Waals surface area contributed by atoms with Gasteiger partial charge in [-0.3, -0.25) is 14.9 Å². The van der Waals surface area contributed by atoms with Crippen molar-refractivity contribution in [2.45, 2.75) is 26.3 Å². The van der Waals surface area contributed by atoms with Gasteiger partial charge in [0.1, 0.15) is 12.1 Å². The van der Waals surface area contributed by atoms with E-state index in [1.165, 1.54) is 6.33 Å². The number of aromatic nitrogens is 3. The largest absolute Gasteiger partial charge is 0.484 e. The Hall–Kier alpha value is -3.68. The summed E-state index contributed by atoms with van der Waals surface area (Å²) in [4.78, 5) is 28.3. The van der Waals surface area contributed by atoms with E-state index in [1.807, 2.05) is 50.2 Å².